The molecule has 2 heterocycles. The summed E-state index contributed by atoms with van der Waals surface area (Å²) >= 11 is 0. The Bertz CT molecular complexity index is 1140. The summed E-state index contributed by atoms with van der Waals surface area (Å²) in [5.41, 5.74) is 21.0. The maximum Gasteiger partial charge on any atom is 0.166 e. The lowest BCUT2D eigenvalue weighted by molar-refractivity contribution is 0.227. The molecule has 166 valence electrons. The number of nitrogens with two attached hydrogens (primary N) is 3. The Morgan fingerprint density at radius 3 is 2.72 bits per heavy atom. The van der Waals surface area contributed by atoms with E-state index < -0.39 is 11.9 Å². The molecular weight excluding hydrogens is 409 g/mol. The van der Waals surface area contributed by atoms with E-state index in [0.717, 1.165) is 31.2 Å². The number of nitrogen functional groups attached to an aromatic ring is 1. The average Bonchev–Trinajstić information content (AvgIpc) is 2.75. The third kappa shape index (κ3) is 4.32. The van der Waals surface area contributed by atoms with Crippen molar-refractivity contribution in [2.24, 2.45) is 26.4 Å². The molecular formula is C23H26FN7O. The predicted molar refractivity (Wildman–Crippen MR) is 125 cm³/mol. The number of fused-ring (bicyclic) bond motifs is 3. The monoisotopic (exact) mass is 435 g/mol. The Balaban J connectivity index is 1.92. The number of rotatable bonds is 1. The van der Waals surface area contributed by atoms with E-state index in [9.17, 15) is 4.39 Å². The summed E-state index contributed by atoms with van der Waals surface area (Å²) in [5.74, 6) is 0.547. The van der Waals surface area contributed by atoms with Gasteiger partial charge in [0, 0.05) is 34.7 Å². The molecule has 1 atom stereocenters. The van der Waals surface area contributed by atoms with Gasteiger partial charge in [-0.05, 0) is 50.5 Å². The Morgan fingerprint density at radius 2 is 2.03 bits per heavy atom. The number of hydrogen-bond donors (Lipinski definition) is 3. The van der Waals surface area contributed by atoms with Gasteiger partial charge in [-0.2, -0.15) is 0 Å². The van der Waals surface area contributed by atoms with Crippen LogP contribution in [0.1, 0.15) is 49.0 Å². The van der Waals surface area contributed by atoms with Gasteiger partial charge < -0.3 is 21.9 Å². The summed E-state index contributed by atoms with van der Waals surface area (Å²) in [6.45, 7) is 2.01. The van der Waals surface area contributed by atoms with Crippen LogP contribution in [0.4, 0.5) is 10.2 Å². The molecule has 0 radical (unpaired) electrons. The fourth-order valence-electron chi connectivity index (χ4n) is 3.68. The molecule has 4 rings (SSSR count). The van der Waals surface area contributed by atoms with Crippen molar-refractivity contribution in [2.75, 3.05) is 12.3 Å². The minimum absolute atomic E-state index is 0.209. The van der Waals surface area contributed by atoms with Crippen LogP contribution in [0.5, 0.6) is 5.75 Å². The molecule has 1 saturated carbocycles. The molecule has 1 aliphatic carbocycles. The maximum atomic E-state index is 14.1. The lowest BCUT2D eigenvalue weighted by atomic mass is 9.92. The van der Waals surface area contributed by atoms with E-state index >= 15 is 0 Å². The van der Waals surface area contributed by atoms with Gasteiger partial charge in [-0.25, -0.2) is 14.4 Å². The average molecular weight is 436 g/mol. The maximum absolute atomic E-state index is 14.1. The van der Waals surface area contributed by atoms with Crippen molar-refractivity contribution in [3.63, 3.8) is 0 Å². The number of halogens is 1. The van der Waals surface area contributed by atoms with Gasteiger partial charge in [0.25, 0.3) is 0 Å². The van der Waals surface area contributed by atoms with Gasteiger partial charge in [0.15, 0.2) is 17.4 Å². The summed E-state index contributed by atoms with van der Waals surface area (Å²) < 4.78 is 20.3. The standard InChI is InChI=1S/C23H26FN7O/c1-13-19-8-16(24)5-6-18(19)23(30-12-26)29-11-15(9-25)21(31-17-3-2-4-17)14-7-20(32-13)22(27)28-10-14/h5-10,12-13,17H,2-4,11,25H2,1H3,(H2,27,28)(H2,26,29,30)/t13-/m1/s1. The summed E-state index contributed by atoms with van der Waals surface area (Å²) in [4.78, 5) is 18.1. The van der Waals surface area contributed by atoms with E-state index in [1.807, 2.05) is 0 Å². The normalized spacial score (nSPS) is 21.9. The highest BCUT2D eigenvalue weighted by molar-refractivity contribution is 6.13. The van der Waals surface area contributed by atoms with Crippen molar-refractivity contribution in [3.05, 3.63) is 64.7 Å². The number of anilines is 1. The van der Waals surface area contributed by atoms with Crippen LogP contribution in [0, 0.1) is 5.82 Å². The second-order valence-electron chi connectivity index (χ2n) is 7.77. The number of amidine groups is 1. The lowest BCUT2D eigenvalue weighted by Crippen LogP contribution is -2.21. The fourth-order valence-corrected chi connectivity index (χ4v) is 3.68. The first-order valence-corrected chi connectivity index (χ1v) is 10.5. The molecule has 2 aliphatic rings. The first kappa shape index (κ1) is 21.5. The number of benzene rings is 1. The van der Waals surface area contributed by atoms with Gasteiger partial charge in [0.05, 0.1) is 24.6 Å². The van der Waals surface area contributed by atoms with E-state index in [2.05, 4.69) is 15.0 Å². The Morgan fingerprint density at radius 1 is 1.22 bits per heavy atom. The Kier molecular flexibility index (Phi) is 6.16. The molecule has 2 aromatic rings. The van der Waals surface area contributed by atoms with E-state index in [1.165, 1.54) is 18.3 Å². The highest BCUT2D eigenvalue weighted by Gasteiger charge is 2.23. The van der Waals surface area contributed by atoms with Gasteiger partial charge in [-0.15, -0.1) is 0 Å². The number of ether oxygens (including phenoxy) is 1. The van der Waals surface area contributed by atoms with Crippen molar-refractivity contribution in [1.82, 2.24) is 4.98 Å². The smallest absolute Gasteiger partial charge is 0.166 e. The number of aliphatic imine (C=N–C) groups is 3. The number of nitrogens with zero attached hydrogens (tertiary/aromatic N) is 4. The molecule has 32 heavy (non-hydrogen) atoms. The van der Waals surface area contributed by atoms with E-state index in [4.69, 9.17) is 26.9 Å². The Labute approximate surface area is 185 Å². The van der Waals surface area contributed by atoms with Crippen LogP contribution in [0.2, 0.25) is 0 Å². The molecule has 6 N–H and O–H groups in total. The predicted octanol–water partition coefficient (Wildman–Crippen LogP) is 2.87. The van der Waals surface area contributed by atoms with Crippen LogP contribution in [0.25, 0.3) is 0 Å². The minimum atomic E-state index is -0.561. The summed E-state index contributed by atoms with van der Waals surface area (Å²) in [7, 11) is 0. The van der Waals surface area contributed by atoms with E-state index in [1.54, 1.807) is 25.3 Å². The zero-order valence-electron chi connectivity index (χ0n) is 17.8. The van der Waals surface area contributed by atoms with Crippen LogP contribution in [0.3, 0.4) is 0 Å². The number of hydrogen-bond acceptors (Lipinski definition) is 7. The molecule has 0 unspecified atom stereocenters. The molecule has 1 aromatic heterocycles. The summed E-state index contributed by atoms with van der Waals surface area (Å²) in [5, 5.41) is 0. The van der Waals surface area contributed by atoms with Crippen molar-refractivity contribution < 1.29 is 9.13 Å². The molecule has 0 amide bonds. The van der Waals surface area contributed by atoms with Crippen molar-refractivity contribution in [2.45, 2.75) is 38.3 Å². The van der Waals surface area contributed by atoms with Crippen molar-refractivity contribution in [1.29, 1.82) is 0 Å². The molecule has 1 aromatic carbocycles. The van der Waals surface area contributed by atoms with E-state index in [0.29, 0.717) is 34.0 Å². The largest absolute Gasteiger partial charge is 0.482 e. The zero-order chi connectivity index (χ0) is 22.7. The quantitative estimate of drug-likeness (QED) is 0.467. The molecule has 1 aliphatic heterocycles. The minimum Gasteiger partial charge on any atom is -0.482 e. The highest BCUT2D eigenvalue weighted by atomic mass is 19.1. The van der Waals surface area contributed by atoms with E-state index in [-0.39, 0.29) is 18.4 Å². The lowest BCUT2D eigenvalue weighted by Gasteiger charge is -2.24. The van der Waals surface area contributed by atoms with Crippen LogP contribution in [-0.4, -0.2) is 35.5 Å². The SMILES string of the molecule is C[C@H]1Oc2cc(cnc2N)C(=NC2CCC2)C(=CN)CN=C(N=CN)c2ccc(F)cc21. The molecule has 0 spiro atoms. The third-order valence-electron chi connectivity index (χ3n) is 5.64. The molecule has 1 fully saturated rings. The topological polar surface area (TPSA) is 137 Å². The molecule has 8 nitrogen and oxygen atoms in total. The second-order valence-corrected chi connectivity index (χ2v) is 7.77. The van der Waals surface area contributed by atoms with Crippen LogP contribution in [-0.2, 0) is 0 Å². The summed E-state index contributed by atoms with van der Waals surface area (Å²) in [6, 6.07) is 6.36. The third-order valence-corrected chi connectivity index (χ3v) is 5.64. The van der Waals surface area contributed by atoms with Crippen molar-refractivity contribution >= 4 is 23.7 Å². The van der Waals surface area contributed by atoms with Gasteiger partial charge >= 0.3 is 0 Å². The fraction of sp³-hybridized carbons (Fsp3) is 0.304. The first-order chi connectivity index (χ1) is 15.5. The van der Waals surface area contributed by atoms with Gasteiger partial charge in [-0.3, -0.25) is 9.98 Å². The van der Waals surface area contributed by atoms with Crippen LogP contribution < -0.4 is 21.9 Å². The number of aromatic nitrogens is 1. The van der Waals surface area contributed by atoms with Gasteiger partial charge in [0.2, 0.25) is 0 Å². The van der Waals surface area contributed by atoms with Gasteiger partial charge in [0.1, 0.15) is 11.9 Å². The number of pyridine rings is 1. The van der Waals surface area contributed by atoms with Crippen LogP contribution in [0.15, 0.2) is 57.2 Å². The highest BCUT2D eigenvalue weighted by Crippen LogP contribution is 2.31. The zero-order valence-corrected chi connectivity index (χ0v) is 17.8. The Hall–Kier alpha value is -3.75. The molecule has 9 heteroatoms. The van der Waals surface area contributed by atoms with Crippen molar-refractivity contribution in [3.8, 4) is 5.75 Å². The first-order valence-electron chi connectivity index (χ1n) is 10.5. The van der Waals surface area contributed by atoms with Crippen LogP contribution >= 0.6 is 0 Å². The summed E-state index contributed by atoms with van der Waals surface area (Å²) in [6.07, 6.45) is 6.93. The molecule has 2 bridgehead atoms. The van der Waals surface area contributed by atoms with Gasteiger partial charge in [-0.1, -0.05) is 0 Å². The second kappa shape index (κ2) is 9.17. The molecule has 0 saturated heterocycles.